The molecule has 2 N–H and O–H groups in total. The van der Waals surface area contributed by atoms with E-state index in [-0.39, 0.29) is 5.91 Å². The fraction of sp³-hybridized carbons (Fsp3) is 0.105. The van der Waals surface area contributed by atoms with Crippen LogP contribution in [-0.4, -0.2) is 28.2 Å². The second kappa shape index (κ2) is 6.97. The lowest BCUT2D eigenvalue weighted by atomic mass is 10.1. The minimum atomic E-state index is -0.271. The normalized spacial score (nSPS) is 10.8. The second-order valence-corrected chi connectivity index (χ2v) is 6.84. The predicted molar refractivity (Wildman–Crippen MR) is 102 cm³/mol. The van der Waals surface area contributed by atoms with E-state index in [0.717, 1.165) is 33.5 Å². The number of nitrogens with zero attached hydrogens (tertiary/aromatic N) is 2. The molecule has 0 aliphatic carbocycles. The lowest BCUT2D eigenvalue weighted by Gasteiger charge is -2.01. The van der Waals surface area contributed by atoms with Crippen LogP contribution >= 0.6 is 11.3 Å². The smallest absolute Gasteiger partial charge is 0.278 e. The van der Waals surface area contributed by atoms with Gasteiger partial charge in [-0.1, -0.05) is 30.3 Å². The van der Waals surface area contributed by atoms with Gasteiger partial charge in [-0.15, -0.1) is 11.3 Å². The number of carbonyl (C=O) groups excluding carboxylic acids is 1. The topological polar surface area (TPSA) is 79.9 Å². The molecule has 4 rings (SSSR count). The third kappa shape index (κ3) is 3.29. The number of para-hydroxylation sites is 1. The molecule has 0 radical (unpaired) electrons. The van der Waals surface area contributed by atoms with E-state index < -0.39 is 0 Å². The van der Waals surface area contributed by atoms with Crippen molar-refractivity contribution >= 4 is 33.3 Å². The minimum Gasteiger partial charge on any atom is -0.497 e. The number of H-pyrrole nitrogens is 1. The van der Waals surface area contributed by atoms with E-state index in [4.69, 9.17) is 4.74 Å². The first-order chi connectivity index (χ1) is 12.7. The molecular weight excluding hydrogens is 348 g/mol. The third-order valence-corrected chi connectivity index (χ3v) is 4.91. The standard InChI is InChI=1S/C19H16N4O2S/c1-25-13-8-6-12(7-9-13)10-14-11-20-19(26-14)21-18(24)17-15-4-2-3-5-16(15)22-23-17/h2-9,11H,10H2,1H3,(H,22,23)(H,20,21,24). The Hall–Kier alpha value is -3.19. The van der Waals surface area contributed by atoms with Crippen molar-refractivity contribution in [2.75, 3.05) is 12.4 Å². The Balaban J connectivity index is 1.46. The van der Waals surface area contributed by atoms with Crippen molar-refractivity contribution < 1.29 is 9.53 Å². The number of carbonyl (C=O) groups is 1. The van der Waals surface area contributed by atoms with Crippen molar-refractivity contribution in [1.29, 1.82) is 0 Å². The van der Waals surface area contributed by atoms with Gasteiger partial charge in [0.1, 0.15) is 5.75 Å². The van der Waals surface area contributed by atoms with Crippen molar-refractivity contribution in [3.8, 4) is 5.75 Å². The molecule has 1 amide bonds. The maximum absolute atomic E-state index is 12.5. The molecule has 2 aromatic carbocycles. The number of fused-ring (bicyclic) bond motifs is 1. The SMILES string of the molecule is COc1ccc(Cc2cnc(NC(=O)c3n[nH]c4ccccc34)s2)cc1. The lowest BCUT2D eigenvalue weighted by molar-refractivity contribution is 0.102. The molecule has 4 aromatic rings. The highest BCUT2D eigenvalue weighted by molar-refractivity contribution is 7.15. The summed E-state index contributed by atoms with van der Waals surface area (Å²) in [5.41, 5.74) is 2.36. The Morgan fingerprint density at radius 1 is 1.19 bits per heavy atom. The fourth-order valence-corrected chi connectivity index (χ4v) is 3.53. The highest BCUT2D eigenvalue weighted by Crippen LogP contribution is 2.23. The molecule has 26 heavy (non-hydrogen) atoms. The Morgan fingerprint density at radius 2 is 2.00 bits per heavy atom. The van der Waals surface area contributed by atoms with E-state index in [1.165, 1.54) is 11.3 Å². The van der Waals surface area contributed by atoms with E-state index >= 15 is 0 Å². The fourth-order valence-electron chi connectivity index (χ4n) is 2.68. The summed E-state index contributed by atoms with van der Waals surface area (Å²) in [7, 11) is 1.65. The molecule has 130 valence electrons. The first-order valence-corrected chi connectivity index (χ1v) is 8.86. The van der Waals surface area contributed by atoms with Gasteiger partial charge in [0.25, 0.3) is 5.91 Å². The molecule has 7 heteroatoms. The van der Waals surface area contributed by atoms with Crippen LogP contribution in [0.1, 0.15) is 20.9 Å². The third-order valence-electron chi connectivity index (χ3n) is 4.00. The van der Waals surface area contributed by atoms with Gasteiger partial charge in [-0.3, -0.25) is 15.2 Å². The molecule has 0 spiro atoms. The summed E-state index contributed by atoms with van der Waals surface area (Å²) >= 11 is 1.46. The van der Waals surface area contributed by atoms with Gasteiger partial charge in [0.05, 0.1) is 12.6 Å². The molecule has 0 atom stereocenters. The van der Waals surface area contributed by atoms with Gasteiger partial charge in [-0.2, -0.15) is 5.10 Å². The van der Waals surface area contributed by atoms with Crippen LogP contribution in [0, 0.1) is 0 Å². The molecule has 2 heterocycles. The first-order valence-electron chi connectivity index (χ1n) is 8.05. The Bertz CT molecular complexity index is 1050. The summed E-state index contributed by atoms with van der Waals surface area (Å²) < 4.78 is 5.17. The second-order valence-electron chi connectivity index (χ2n) is 5.73. The monoisotopic (exact) mass is 364 g/mol. The first kappa shape index (κ1) is 16.3. The van der Waals surface area contributed by atoms with E-state index in [0.29, 0.717) is 10.8 Å². The molecular formula is C19H16N4O2S. The quantitative estimate of drug-likeness (QED) is 0.563. The average Bonchev–Trinajstić information content (AvgIpc) is 3.29. The minimum absolute atomic E-state index is 0.271. The maximum atomic E-state index is 12.5. The van der Waals surface area contributed by atoms with E-state index in [9.17, 15) is 4.79 Å². The van der Waals surface area contributed by atoms with Gasteiger partial charge in [0.15, 0.2) is 10.8 Å². The van der Waals surface area contributed by atoms with Crippen molar-refractivity contribution in [2.24, 2.45) is 0 Å². The van der Waals surface area contributed by atoms with Gasteiger partial charge >= 0.3 is 0 Å². The zero-order valence-electron chi connectivity index (χ0n) is 14.0. The number of methoxy groups -OCH3 is 1. The summed E-state index contributed by atoms with van der Waals surface area (Å²) in [6, 6.07) is 15.4. The van der Waals surface area contributed by atoms with Crippen molar-refractivity contribution in [1.82, 2.24) is 15.2 Å². The van der Waals surface area contributed by atoms with Crippen LogP contribution in [0.3, 0.4) is 0 Å². The van der Waals surface area contributed by atoms with Gasteiger partial charge in [-0.25, -0.2) is 4.98 Å². The molecule has 0 bridgehead atoms. The van der Waals surface area contributed by atoms with Crippen LogP contribution in [0.2, 0.25) is 0 Å². The number of benzene rings is 2. The number of aromatic nitrogens is 3. The largest absolute Gasteiger partial charge is 0.497 e. The summed E-state index contributed by atoms with van der Waals surface area (Å²) in [6.07, 6.45) is 2.54. The molecule has 0 saturated carbocycles. The van der Waals surface area contributed by atoms with Gasteiger partial charge < -0.3 is 4.74 Å². The van der Waals surface area contributed by atoms with Crippen molar-refractivity contribution in [3.05, 3.63) is 70.9 Å². The van der Waals surface area contributed by atoms with E-state index in [2.05, 4.69) is 20.5 Å². The van der Waals surface area contributed by atoms with E-state index in [1.807, 2.05) is 48.5 Å². The van der Waals surface area contributed by atoms with Crippen LogP contribution < -0.4 is 10.1 Å². The zero-order valence-corrected chi connectivity index (χ0v) is 14.8. The Labute approximate surface area is 153 Å². The highest BCUT2D eigenvalue weighted by Gasteiger charge is 2.15. The molecule has 6 nitrogen and oxygen atoms in total. The Kier molecular flexibility index (Phi) is 4.37. The molecule has 0 saturated heterocycles. The van der Waals surface area contributed by atoms with Crippen molar-refractivity contribution in [3.63, 3.8) is 0 Å². The molecule has 0 unspecified atom stereocenters. The highest BCUT2D eigenvalue weighted by atomic mass is 32.1. The van der Waals surface area contributed by atoms with Crippen LogP contribution in [0.15, 0.2) is 54.7 Å². The number of rotatable bonds is 5. The number of ether oxygens (including phenoxy) is 1. The van der Waals surface area contributed by atoms with Gasteiger partial charge in [0, 0.05) is 22.9 Å². The number of thiazole rings is 1. The lowest BCUT2D eigenvalue weighted by Crippen LogP contribution is -2.12. The van der Waals surface area contributed by atoms with Crippen LogP contribution in [0.4, 0.5) is 5.13 Å². The number of anilines is 1. The summed E-state index contributed by atoms with van der Waals surface area (Å²) in [5.74, 6) is 0.560. The number of aromatic amines is 1. The van der Waals surface area contributed by atoms with Crippen LogP contribution in [0.25, 0.3) is 10.9 Å². The number of nitrogens with one attached hydrogen (secondary N) is 2. The number of hydrogen-bond donors (Lipinski definition) is 2. The van der Waals surface area contributed by atoms with E-state index in [1.54, 1.807) is 13.3 Å². The number of amides is 1. The average molecular weight is 364 g/mol. The Morgan fingerprint density at radius 3 is 2.81 bits per heavy atom. The molecule has 0 aliphatic rings. The van der Waals surface area contributed by atoms with Crippen LogP contribution in [0.5, 0.6) is 5.75 Å². The molecule has 0 fully saturated rings. The summed E-state index contributed by atoms with van der Waals surface area (Å²) in [6.45, 7) is 0. The van der Waals surface area contributed by atoms with Crippen LogP contribution in [-0.2, 0) is 6.42 Å². The maximum Gasteiger partial charge on any atom is 0.278 e. The van der Waals surface area contributed by atoms with Crippen molar-refractivity contribution in [2.45, 2.75) is 6.42 Å². The predicted octanol–water partition coefficient (Wildman–Crippen LogP) is 3.87. The number of hydrogen-bond acceptors (Lipinski definition) is 5. The molecule has 0 aliphatic heterocycles. The summed E-state index contributed by atoms with van der Waals surface area (Å²) in [4.78, 5) is 17.9. The van der Waals surface area contributed by atoms with Gasteiger partial charge in [0.2, 0.25) is 0 Å². The van der Waals surface area contributed by atoms with Gasteiger partial charge in [-0.05, 0) is 23.8 Å². The zero-order chi connectivity index (χ0) is 17.9. The molecule has 2 aromatic heterocycles. The summed E-state index contributed by atoms with van der Waals surface area (Å²) in [5, 5.41) is 11.2.